The quantitative estimate of drug-likeness (QED) is 0.805. The van der Waals surface area contributed by atoms with Crippen LogP contribution in [0.3, 0.4) is 0 Å². The van der Waals surface area contributed by atoms with Gasteiger partial charge in [0, 0.05) is 27.9 Å². The van der Waals surface area contributed by atoms with Gasteiger partial charge in [0.15, 0.2) is 0 Å². The Labute approximate surface area is 134 Å². The molecule has 0 fully saturated rings. The molecule has 1 unspecified atom stereocenters. The third kappa shape index (κ3) is 5.23. The van der Waals surface area contributed by atoms with Gasteiger partial charge >= 0.3 is 0 Å². The van der Waals surface area contributed by atoms with Crippen LogP contribution in [0.1, 0.15) is 25.5 Å². The second-order valence-corrected chi connectivity index (χ2v) is 6.53. The Hall–Kier alpha value is -1.23. The SMILES string of the molecule is CC(C)Oc1cncc(C(N)CSc2cccc(Cl)c2)c1. The van der Waals surface area contributed by atoms with Crippen molar-refractivity contribution < 1.29 is 4.74 Å². The van der Waals surface area contributed by atoms with Gasteiger partial charge in [-0.1, -0.05) is 17.7 Å². The molecule has 0 saturated heterocycles. The summed E-state index contributed by atoms with van der Waals surface area (Å²) >= 11 is 7.65. The Morgan fingerprint density at radius 1 is 1.29 bits per heavy atom. The predicted octanol–water partition coefficient (Wildman–Crippen LogP) is 4.31. The normalized spacial score (nSPS) is 12.4. The first-order valence-electron chi connectivity index (χ1n) is 6.80. The fraction of sp³-hybridized carbons (Fsp3) is 0.312. The molecule has 3 nitrogen and oxygen atoms in total. The standard InChI is InChI=1S/C16H19ClN2OS/c1-11(2)20-14-6-12(8-19-9-14)16(18)10-21-15-5-3-4-13(17)7-15/h3-9,11,16H,10,18H2,1-2H3. The minimum Gasteiger partial charge on any atom is -0.489 e. The van der Waals surface area contributed by atoms with Crippen molar-refractivity contribution in [3.63, 3.8) is 0 Å². The lowest BCUT2D eigenvalue weighted by Gasteiger charge is -2.14. The number of halogens is 1. The van der Waals surface area contributed by atoms with Crippen LogP contribution in [0.15, 0.2) is 47.6 Å². The topological polar surface area (TPSA) is 48.1 Å². The van der Waals surface area contributed by atoms with Gasteiger partial charge in [-0.25, -0.2) is 0 Å². The highest BCUT2D eigenvalue weighted by Gasteiger charge is 2.09. The molecule has 1 heterocycles. The van der Waals surface area contributed by atoms with E-state index in [1.54, 1.807) is 24.2 Å². The Balaban J connectivity index is 1.98. The molecule has 1 aromatic carbocycles. The second-order valence-electron chi connectivity index (χ2n) is 5.00. The summed E-state index contributed by atoms with van der Waals surface area (Å²) in [6, 6.07) is 9.62. The van der Waals surface area contributed by atoms with E-state index >= 15 is 0 Å². The van der Waals surface area contributed by atoms with Gasteiger partial charge in [0.25, 0.3) is 0 Å². The van der Waals surface area contributed by atoms with Crippen molar-refractivity contribution in [1.29, 1.82) is 0 Å². The van der Waals surface area contributed by atoms with Crippen molar-refractivity contribution in [2.75, 3.05) is 5.75 Å². The molecule has 2 rings (SSSR count). The number of hydrogen-bond donors (Lipinski definition) is 1. The summed E-state index contributed by atoms with van der Waals surface area (Å²) in [5.74, 6) is 1.51. The zero-order valence-electron chi connectivity index (χ0n) is 12.1. The van der Waals surface area contributed by atoms with E-state index in [0.717, 1.165) is 27.0 Å². The zero-order chi connectivity index (χ0) is 15.2. The molecule has 21 heavy (non-hydrogen) atoms. The summed E-state index contributed by atoms with van der Waals surface area (Å²) in [5, 5.41) is 0.738. The first-order valence-corrected chi connectivity index (χ1v) is 8.16. The molecule has 0 bridgehead atoms. The first kappa shape index (κ1) is 16.1. The van der Waals surface area contributed by atoms with Gasteiger partial charge in [-0.05, 0) is 43.7 Å². The minimum atomic E-state index is -0.0998. The van der Waals surface area contributed by atoms with E-state index in [2.05, 4.69) is 4.98 Å². The molecule has 0 aliphatic rings. The van der Waals surface area contributed by atoms with Crippen LogP contribution in [0.5, 0.6) is 5.75 Å². The van der Waals surface area contributed by atoms with Crippen LogP contribution in [0.2, 0.25) is 5.02 Å². The van der Waals surface area contributed by atoms with Crippen LogP contribution in [-0.2, 0) is 0 Å². The maximum atomic E-state index is 6.23. The van der Waals surface area contributed by atoms with Crippen LogP contribution in [0.4, 0.5) is 0 Å². The average Bonchev–Trinajstić information content (AvgIpc) is 2.44. The number of rotatable bonds is 6. The van der Waals surface area contributed by atoms with E-state index in [1.165, 1.54) is 0 Å². The number of benzene rings is 1. The van der Waals surface area contributed by atoms with E-state index < -0.39 is 0 Å². The van der Waals surface area contributed by atoms with Crippen LogP contribution < -0.4 is 10.5 Å². The summed E-state index contributed by atoms with van der Waals surface area (Å²) in [7, 11) is 0. The lowest BCUT2D eigenvalue weighted by atomic mass is 10.1. The fourth-order valence-corrected chi connectivity index (χ4v) is 3.02. The molecular formula is C16H19ClN2OS. The Kier molecular flexibility index (Phi) is 5.91. The maximum absolute atomic E-state index is 6.23. The van der Waals surface area contributed by atoms with E-state index in [9.17, 15) is 0 Å². The smallest absolute Gasteiger partial charge is 0.138 e. The number of thioether (sulfide) groups is 1. The lowest BCUT2D eigenvalue weighted by Crippen LogP contribution is -2.14. The molecular weight excluding hydrogens is 304 g/mol. The van der Waals surface area contributed by atoms with Gasteiger partial charge in [-0.15, -0.1) is 11.8 Å². The molecule has 0 aliphatic carbocycles. The number of ether oxygens (including phenoxy) is 1. The van der Waals surface area contributed by atoms with Crippen molar-refractivity contribution in [2.24, 2.45) is 5.73 Å². The first-order chi connectivity index (χ1) is 10.0. The molecule has 1 aromatic heterocycles. The molecule has 0 radical (unpaired) electrons. The number of pyridine rings is 1. The third-order valence-corrected chi connectivity index (χ3v) is 4.11. The van der Waals surface area contributed by atoms with Gasteiger partial charge in [-0.3, -0.25) is 4.98 Å². The number of hydrogen-bond acceptors (Lipinski definition) is 4. The Morgan fingerprint density at radius 3 is 2.81 bits per heavy atom. The molecule has 0 amide bonds. The van der Waals surface area contributed by atoms with Gasteiger partial charge < -0.3 is 10.5 Å². The van der Waals surface area contributed by atoms with Crippen LogP contribution in [-0.4, -0.2) is 16.8 Å². The highest BCUT2D eigenvalue weighted by molar-refractivity contribution is 7.99. The van der Waals surface area contributed by atoms with Crippen molar-refractivity contribution >= 4 is 23.4 Å². The average molecular weight is 323 g/mol. The van der Waals surface area contributed by atoms with Crippen LogP contribution in [0, 0.1) is 0 Å². The second kappa shape index (κ2) is 7.69. The fourth-order valence-electron chi connectivity index (χ4n) is 1.81. The van der Waals surface area contributed by atoms with Gasteiger partial charge in [-0.2, -0.15) is 0 Å². The number of aromatic nitrogens is 1. The third-order valence-electron chi connectivity index (χ3n) is 2.76. The molecule has 2 N–H and O–H groups in total. The van der Waals surface area contributed by atoms with Crippen LogP contribution >= 0.6 is 23.4 Å². The summed E-state index contributed by atoms with van der Waals surface area (Å²) < 4.78 is 5.64. The minimum absolute atomic E-state index is 0.0998. The molecule has 1 atom stereocenters. The highest BCUT2D eigenvalue weighted by Crippen LogP contribution is 2.26. The summed E-state index contributed by atoms with van der Waals surface area (Å²) in [5.41, 5.74) is 7.21. The van der Waals surface area contributed by atoms with E-state index in [1.807, 2.05) is 44.2 Å². The van der Waals surface area contributed by atoms with Crippen LogP contribution in [0.25, 0.3) is 0 Å². The Bertz CT molecular complexity index is 592. The van der Waals surface area contributed by atoms with Crippen molar-refractivity contribution in [2.45, 2.75) is 30.9 Å². The van der Waals surface area contributed by atoms with Crippen molar-refractivity contribution in [3.05, 3.63) is 53.3 Å². The summed E-state index contributed by atoms with van der Waals surface area (Å²) in [6.45, 7) is 3.98. The number of nitrogens with two attached hydrogens (primary N) is 1. The molecule has 0 spiro atoms. The maximum Gasteiger partial charge on any atom is 0.138 e. The molecule has 0 aliphatic heterocycles. The largest absolute Gasteiger partial charge is 0.489 e. The molecule has 2 aromatic rings. The van der Waals surface area contributed by atoms with Gasteiger partial charge in [0.1, 0.15) is 5.75 Å². The molecule has 0 saturated carbocycles. The molecule has 112 valence electrons. The predicted molar refractivity (Wildman–Crippen MR) is 89.1 cm³/mol. The van der Waals surface area contributed by atoms with E-state index in [0.29, 0.717) is 0 Å². The van der Waals surface area contributed by atoms with Gasteiger partial charge in [0.05, 0.1) is 12.3 Å². The molecule has 5 heteroatoms. The highest BCUT2D eigenvalue weighted by atomic mass is 35.5. The monoisotopic (exact) mass is 322 g/mol. The summed E-state index contributed by atoms with van der Waals surface area (Å²) in [6.07, 6.45) is 3.62. The van der Waals surface area contributed by atoms with Crippen molar-refractivity contribution in [3.8, 4) is 5.75 Å². The van der Waals surface area contributed by atoms with E-state index in [-0.39, 0.29) is 12.1 Å². The van der Waals surface area contributed by atoms with Gasteiger partial charge in [0.2, 0.25) is 0 Å². The van der Waals surface area contributed by atoms with Crippen molar-refractivity contribution in [1.82, 2.24) is 4.98 Å². The van der Waals surface area contributed by atoms with E-state index in [4.69, 9.17) is 22.1 Å². The number of nitrogens with zero attached hydrogens (tertiary/aromatic N) is 1. The Morgan fingerprint density at radius 2 is 2.10 bits per heavy atom. The zero-order valence-corrected chi connectivity index (χ0v) is 13.7. The summed E-state index contributed by atoms with van der Waals surface area (Å²) in [4.78, 5) is 5.30. The lowest BCUT2D eigenvalue weighted by molar-refractivity contribution is 0.241.